The molecule has 0 saturated carbocycles. The fourth-order valence-electron chi connectivity index (χ4n) is 2.66. The number of nitrogens with zero attached hydrogens (tertiary/aromatic N) is 1. The Bertz CT molecular complexity index is 817. The first kappa shape index (κ1) is 19.6. The van der Waals surface area contributed by atoms with E-state index < -0.39 is 11.5 Å². The third-order valence-electron chi connectivity index (χ3n) is 4.02. The van der Waals surface area contributed by atoms with Crippen LogP contribution < -0.4 is 10.1 Å². The van der Waals surface area contributed by atoms with E-state index in [1.807, 2.05) is 6.07 Å². The van der Waals surface area contributed by atoms with Gasteiger partial charge in [0.25, 0.3) is 0 Å². The van der Waals surface area contributed by atoms with Crippen molar-refractivity contribution < 1.29 is 19.7 Å². The van der Waals surface area contributed by atoms with E-state index in [9.17, 15) is 9.90 Å². The van der Waals surface area contributed by atoms with Gasteiger partial charge in [-0.2, -0.15) is 5.26 Å². The molecule has 0 saturated heterocycles. The number of halogens is 1. The van der Waals surface area contributed by atoms with E-state index in [-0.39, 0.29) is 19.6 Å². The van der Waals surface area contributed by atoms with Crippen LogP contribution >= 0.6 is 11.6 Å². The van der Waals surface area contributed by atoms with Gasteiger partial charge in [-0.3, -0.25) is 0 Å². The van der Waals surface area contributed by atoms with Crippen molar-refractivity contribution in [2.45, 2.75) is 18.9 Å². The molecule has 0 bridgehead atoms. The van der Waals surface area contributed by atoms with Gasteiger partial charge >= 0.3 is 5.97 Å². The number of aliphatic hydroxyl groups excluding tert-OH is 1. The average molecular weight is 375 g/mol. The molecule has 0 radical (unpaired) electrons. The average Bonchev–Trinajstić information content (AvgIpc) is 2.65. The van der Waals surface area contributed by atoms with Gasteiger partial charge in [-0.05, 0) is 48.9 Å². The van der Waals surface area contributed by atoms with Crippen LogP contribution in [0.3, 0.4) is 0 Å². The lowest BCUT2D eigenvalue weighted by Gasteiger charge is -2.32. The van der Waals surface area contributed by atoms with Gasteiger partial charge in [0, 0.05) is 16.3 Å². The Morgan fingerprint density at radius 2 is 2.00 bits per heavy atom. The number of ether oxygens (including phenoxy) is 1. The molecule has 0 aliphatic rings. The number of nitrogens with one attached hydrogen (secondary N) is 1. The second-order valence-corrected chi connectivity index (χ2v) is 6.03. The van der Waals surface area contributed by atoms with Crippen LogP contribution in [0.1, 0.15) is 24.5 Å². The first-order valence-corrected chi connectivity index (χ1v) is 8.40. The molecule has 0 aliphatic carbocycles. The summed E-state index contributed by atoms with van der Waals surface area (Å²) in [6, 6.07) is 13.2. The Kier molecular flexibility index (Phi) is 6.45. The number of rotatable bonds is 8. The third-order valence-corrected chi connectivity index (χ3v) is 4.25. The number of anilines is 1. The quantitative estimate of drug-likeness (QED) is 0.654. The van der Waals surface area contributed by atoms with E-state index >= 15 is 0 Å². The van der Waals surface area contributed by atoms with Crippen LogP contribution in [0, 0.1) is 11.3 Å². The number of carboxylic acids is 1. The summed E-state index contributed by atoms with van der Waals surface area (Å²) in [4.78, 5) is 12.3. The number of benzene rings is 2. The van der Waals surface area contributed by atoms with Gasteiger partial charge in [-0.15, -0.1) is 0 Å². The largest absolute Gasteiger partial charge is 0.491 e. The molecule has 7 heteroatoms. The zero-order valence-corrected chi connectivity index (χ0v) is 15.0. The fraction of sp³-hybridized carbons (Fsp3) is 0.263. The molecule has 0 aliphatic heterocycles. The lowest BCUT2D eigenvalue weighted by Crippen LogP contribution is -2.43. The third kappa shape index (κ3) is 4.07. The molecule has 2 aromatic rings. The first-order valence-electron chi connectivity index (χ1n) is 8.02. The smallest absolute Gasteiger partial charge is 0.334 e. The van der Waals surface area contributed by atoms with E-state index in [0.717, 1.165) is 0 Å². The Labute approximate surface area is 156 Å². The molecule has 0 aromatic heterocycles. The monoisotopic (exact) mass is 374 g/mol. The predicted molar refractivity (Wildman–Crippen MR) is 98.4 cm³/mol. The van der Waals surface area contributed by atoms with Gasteiger partial charge in [-0.1, -0.05) is 18.5 Å². The van der Waals surface area contributed by atoms with E-state index in [0.29, 0.717) is 27.6 Å². The van der Waals surface area contributed by atoms with Crippen molar-refractivity contribution in [3.05, 3.63) is 58.6 Å². The summed E-state index contributed by atoms with van der Waals surface area (Å²) in [6.45, 7) is 1.57. The maximum atomic E-state index is 12.3. The molecule has 136 valence electrons. The molecule has 0 spiro atoms. The van der Waals surface area contributed by atoms with Crippen molar-refractivity contribution in [3.8, 4) is 11.8 Å². The number of aliphatic hydroxyl groups is 1. The Morgan fingerprint density at radius 1 is 1.31 bits per heavy atom. The van der Waals surface area contributed by atoms with Gasteiger partial charge in [0.1, 0.15) is 12.4 Å². The maximum absolute atomic E-state index is 12.3. The van der Waals surface area contributed by atoms with Crippen LogP contribution in [0.25, 0.3) is 0 Å². The number of carbonyl (C=O) groups is 1. The molecular formula is C19H19ClN2O4. The van der Waals surface area contributed by atoms with E-state index in [2.05, 4.69) is 5.32 Å². The molecule has 26 heavy (non-hydrogen) atoms. The Balaban J connectivity index is 2.54. The van der Waals surface area contributed by atoms with Crippen LogP contribution in [0.15, 0.2) is 42.5 Å². The van der Waals surface area contributed by atoms with Crippen molar-refractivity contribution in [1.82, 2.24) is 0 Å². The Hall–Kier alpha value is -2.75. The highest BCUT2D eigenvalue weighted by molar-refractivity contribution is 6.30. The molecule has 0 amide bonds. The highest BCUT2D eigenvalue weighted by Gasteiger charge is 2.41. The summed E-state index contributed by atoms with van der Waals surface area (Å²) in [5.41, 5.74) is -0.119. The number of nitriles is 1. The van der Waals surface area contributed by atoms with Gasteiger partial charge in [0.2, 0.25) is 0 Å². The molecule has 1 unspecified atom stereocenters. The number of hydrogen-bond acceptors (Lipinski definition) is 5. The minimum atomic E-state index is -1.50. The van der Waals surface area contributed by atoms with Gasteiger partial charge in [0.15, 0.2) is 5.54 Å². The second-order valence-electron chi connectivity index (χ2n) is 5.59. The van der Waals surface area contributed by atoms with Gasteiger partial charge < -0.3 is 20.3 Å². The van der Waals surface area contributed by atoms with Crippen LogP contribution in [0.4, 0.5) is 5.69 Å². The standard InChI is InChI=1S/C19H19ClN2O4/c1-2-19(18(24)25,22-15-6-3-13(12-21)4-7-15)16-11-14(20)5-8-17(16)26-10-9-23/h3-8,11,22-23H,2,9-10H2,1H3,(H,24,25). The highest BCUT2D eigenvalue weighted by atomic mass is 35.5. The van der Waals surface area contributed by atoms with Crippen LogP contribution in [-0.2, 0) is 10.3 Å². The maximum Gasteiger partial charge on any atom is 0.334 e. The van der Waals surface area contributed by atoms with Crippen molar-refractivity contribution in [2.75, 3.05) is 18.5 Å². The molecule has 6 nitrogen and oxygen atoms in total. The summed E-state index contributed by atoms with van der Waals surface area (Å²) < 4.78 is 5.52. The van der Waals surface area contributed by atoms with Crippen LogP contribution in [-0.4, -0.2) is 29.4 Å². The lowest BCUT2D eigenvalue weighted by atomic mass is 9.86. The van der Waals surface area contributed by atoms with Crippen LogP contribution in [0.5, 0.6) is 5.75 Å². The molecule has 0 fully saturated rings. The number of hydrogen-bond donors (Lipinski definition) is 3. The minimum Gasteiger partial charge on any atom is -0.491 e. The number of aliphatic carboxylic acids is 1. The molecule has 1 atom stereocenters. The minimum absolute atomic E-state index is 0.0327. The van der Waals surface area contributed by atoms with E-state index in [1.165, 1.54) is 0 Å². The van der Waals surface area contributed by atoms with Crippen molar-refractivity contribution in [1.29, 1.82) is 5.26 Å². The van der Waals surface area contributed by atoms with Gasteiger partial charge in [-0.25, -0.2) is 4.79 Å². The lowest BCUT2D eigenvalue weighted by molar-refractivity contribution is -0.142. The predicted octanol–water partition coefficient (Wildman–Crippen LogP) is 3.38. The topological polar surface area (TPSA) is 103 Å². The normalized spacial score (nSPS) is 12.7. The van der Waals surface area contributed by atoms with Crippen molar-refractivity contribution >= 4 is 23.3 Å². The second kappa shape index (κ2) is 8.56. The first-order chi connectivity index (χ1) is 12.5. The molecule has 2 aromatic carbocycles. The summed E-state index contributed by atoms with van der Waals surface area (Å²) in [5, 5.41) is 31.4. The molecule has 0 heterocycles. The number of carboxylic acid groups (broad SMARTS) is 1. The summed E-state index contributed by atoms with van der Waals surface area (Å²) in [5.74, 6) is -0.769. The fourth-order valence-corrected chi connectivity index (χ4v) is 2.83. The zero-order chi connectivity index (χ0) is 19.2. The molecule has 3 N–H and O–H groups in total. The van der Waals surface area contributed by atoms with Gasteiger partial charge in [0.05, 0.1) is 18.2 Å². The van der Waals surface area contributed by atoms with E-state index in [1.54, 1.807) is 49.4 Å². The summed E-state index contributed by atoms with van der Waals surface area (Å²) >= 11 is 6.10. The molecule has 2 rings (SSSR count). The van der Waals surface area contributed by atoms with Crippen molar-refractivity contribution in [3.63, 3.8) is 0 Å². The molecular weight excluding hydrogens is 356 g/mol. The summed E-state index contributed by atoms with van der Waals surface area (Å²) in [7, 11) is 0. The highest BCUT2D eigenvalue weighted by Crippen LogP contribution is 2.38. The zero-order valence-electron chi connectivity index (χ0n) is 14.2. The Morgan fingerprint density at radius 3 is 2.54 bits per heavy atom. The van der Waals surface area contributed by atoms with Crippen LogP contribution in [0.2, 0.25) is 5.02 Å². The summed E-state index contributed by atoms with van der Waals surface area (Å²) in [6.07, 6.45) is 0.207. The SMILES string of the molecule is CCC(Nc1ccc(C#N)cc1)(C(=O)O)c1cc(Cl)ccc1OCCO. The van der Waals surface area contributed by atoms with E-state index in [4.69, 9.17) is 26.7 Å². The van der Waals surface area contributed by atoms with Crippen molar-refractivity contribution in [2.24, 2.45) is 0 Å².